The molecule has 0 aliphatic carbocycles. The molecular formula is C27H30N4O2. The second-order valence-corrected chi connectivity index (χ2v) is 8.44. The predicted octanol–water partition coefficient (Wildman–Crippen LogP) is 3.62. The average Bonchev–Trinajstić information content (AvgIpc) is 2.85. The molecule has 0 saturated carbocycles. The molecule has 0 atom stereocenters. The van der Waals surface area contributed by atoms with E-state index < -0.39 is 0 Å². The highest BCUT2D eigenvalue weighted by Crippen LogP contribution is 2.17. The highest BCUT2D eigenvalue weighted by Gasteiger charge is 2.15. The molecule has 2 N–H and O–H groups in total. The van der Waals surface area contributed by atoms with E-state index in [4.69, 9.17) is 0 Å². The van der Waals surface area contributed by atoms with Gasteiger partial charge in [-0.2, -0.15) is 0 Å². The number of carbonyl (C=O) groups excluding carboxylic acids is 2. The number of para-hydroxylation sites is 1. The van der Waals surface area contributed by atoms with Crippen LogP contribution in [-0.4, -0.2) is 54.8 Å². The van der Waals surface area contributed by atoms with Crippen LogP contribution in [0.25, 0.3) is 0 Å². The molecule has 0 unspecified atom stereocenters. The van der Waals surface area contributed by atoms with Crippen molar-refractivity contribution in [2.24, 2.45) is 0 Å². The fourth-order valence-electron chi connectivity index (χ4n) is 3.88. The summed E-state index contributed by atoms with van der Waals surface area (Å²) in [5.41, 5.74) is 3.80. The number of benzene rings is 3. The van der Waals surface area contributed by atoms with E-state index in [9.17, 15) is 9.59 Å². The van der Waals surface area contributed by atoms with Crippen molar-refractivity contribution >= 4 is 17.5 Å². The summed E-state index contributed by atoms with van der Waals surface area (Å²) in [4.78, 5) is 30.2. The molecule has 0 radical (unpaired) electrons. The van der Waals surface area contributed by atoms with Gasteiger partial charge in [0.25, 0.3) is 11.8 Å². The van der Waals surface area contributed by atoms with Gasteiger partial charge in [-0.15, -0.1) is 0 Å². The van der Waals surface area contributed by atoms with E-state index in [1.807, 2.05) is 18.2 Å². The van der Waals surface area contributed by atoms with Crippen LogP contribution >= 0.6 is 0 Å². The number of carbonyl (C=O) groups is 2. The zero-order valence-corrected chi connectivity index (χ0v) is 19.0. The highest BCUT2D eigenvalue weighted by atomic mass is 16.2. The zero-order valence-electron chi connectivity index (χ0n) is 19.0. The van der Waals surface area contributed by atoms with Gasteiger partial charge in [-0.05, 0) is 42.4 Å². The van der Waals surface area contributed by atoms with E-state index in [2.05, 4.69) is 51.7 Å². The predicted molar refractivity (Wildman–Crippen MR) is 131 cm³/mol. The van der Waals surface area contributed by atoms with Crippen LogP contribution in [0.3, 0.4) is 0 Å². The summed E-state index contributed by atoms with van der Waals surface area (Å²) in [5, 5.41) is 5.82. The van der Waals surface area contributed by atoms with E-state index in [0.717, 1.165) is 38.3 Å². The van der Waals surface area contributed by atoms with Crippen LogP contribution in [0, 0.1) is 0 Å². The largest absolute Gasteiger partial charge is 0.348 e. The van der Waals surface area contributed by atoms with E-state index in [-0.39, 0.29) is 11.8 Å². The van der Waals surface area contributed by atoms with Gasteiger partial charge in [-0.25, -0.2) is 0 Å². The number of piperazine rings is 1. The summed E-state index contributed by atoms with van der Waals surface area (Å²) in [6.45, 7) is 5.78. The Hall–Kier alpha value is -3.48. The molecule has 1 aliphatic rings. The molecule has 170 valence electrons. The number of amides is 2. The van der Waals surface area contributed by atoms with Crippen LogP contribution in [0.1, 0.15) is 31.8 Å². The number of anilines is 1. The lowest BCUT2D eigenvalue weighted by Crippen LogP contribution is -2.43. The van der Waals surface area contributed by atoms with Crippen LogP contribution in [0.2, 0.25) is 0 Å². The fourth-order valence-corrected chi connectivity index (χ4v) is 3.88. The molecule has 0 aromatic heterocycles. The Morgan fingerprint density at radius 1 is 0.758 bits per heavy atom. The van der Waals surface area contributed by atoms with Crippen LogP contribution in [0.15, 0.2) is 78.9 Å². The van der Waals surface area contributed by atoms with Gasteiger partial charge >= 0.3 is 0 Å². The van der Waals surface area contributed by atoms with Crippen molar-refractivity contribution in [1.29, 1.82) is 0 Å². The molecule has 33 heavy (non-hydrogen) atoms. The van der Waals surface area contributed by atoms with Crippen molar-refractivity contribution < 1.29 is 9.59 Å². The van der Waals surface area contributed by atoms with E-state index >= 15 is 0 Å². The lowest BCUT2D eigenvalue weighted by molar-refractivity contribution is 0.0952. The summed E-state index contributed by atoms with van der Waals surface area (Å²) in [6.07, 6.45) is 0. The number of hydrogen-bond acceptors (Lipinski definition) is 4. The number of rotatable bonds is 7. The molecule has 0 bridgehead atoms. The standard InChI is InChI=1S/C27H30N4O2/c1-30-15-17-31(18-16-30)20-22-13-11-21(12-14-22)19-28-27(33)24-9-5-6-10-25(24)29-26(32)23-7-3-2-4-8-23/h2-14H,15-20H2,1H3,(H,28,33)(H,29,32). The summed E-state index contributed by atoms with van der Waals surface area (Å²) in [6, 6.07) is 24.4. The van der Waals surface area contributed by atoms with Gasteiger partial charge in [-0.3, -0.25) is 14.5 Å². The van der Waals surface area contributed by atoms with E-state index in [1.165, 1.54) is 5.56 Å². The summed E-state index contributed by atoms with van der Waals surface area (Å²) in [5.74, 6) is -0.465. The van der Waals surface area contributed by atoms with Crippen molar-refractivity contribution in [1.82, 2.24) is 15.1 Å². The van der Waals surface area contributed by atoms with Gasteiger partial charge < -0.3 is 15.5 Å². The summed E-state index contributed by atoms with van der Waals surface area (Å²) >= 11 is 0. The summed E-state index contributed by atoms with van der Waals surface area (Å²) < 4.78 is 0. The number of nitrogens with zero attached hydrogens (tertiary/aromatic N) is 2. The van der Waals surface area contributed by atoms with Crippen molar-refractivity contribution in [2.75, 3.05) is 38.5 Å². The minimum absolute atomic E-state index is 0.222. The molecule has 4 rings (SSSR count). The zero-order chi connectivity index (χ0) is 23.0. The maximum Gasteiger partial charge on any atom is 0.255 e. The number of nitrogens with one attached hydrogen (secondary N) is 2. The van der Waals surface area contributed by atoms with Crippen molar-refractivity contribution in [3.63, 3.8) is 0 Å². The third kappa shape index (κ3) is 6.28. The normalized spacial score (nSPS) is 14.6. The minimum atomic E-state index is -0.244. The molecule has 6 nitrogen and oxygen atoms in total. The van der Waals surface area contributed by atoms with Crippen LogP contribution < -0.4 is 10.6 Å². The van der Waals surface area contributed by atoms with Gasteiger partial charge in [0.2, 0.25) is 0 Å². The van der Waals surface area contributed by atoms with E-state index in [1.54, 1.807) is 36.4 Å². The van der Waals surface area contributed by atoms with Gasteiger partial charge in [0.05, 0.1) is 11.3 Å². The molecule has 3 aromatic rings. The third-order valence-corrected chi connectivity index (χ3v) is 5.93. The van der Waals surface area contributed by atoms with Crippen LogP contribution in [0.4, 0.5) is 5.69 Å². The number of hydrogen-bond donors (Lipinski definition) is 2. The number of likely N-dealkylation sites (N-methyl/N-ethyl adjacent to an activating group) is 1. The van der Waals surface area contributed by atoms with Gasteiger partial charge in [0.15, 0.2) is 0 Å². The molecule has 0 spiro atoms. The van der Waals surface area contributed by atoms with Gasteiger partial charge in [0.1, 0.15) is 0 Å². The first-order chi connectivity index (χ1) is 16.1. The second-order valence-electron chi connectivity index (χ2n) is 8.44. The smallest absolute Gasteiger partial charge is 0.255 e. The molecule has 1 saturated heterocycles. The third-order valence-electron chi connectivity index (χ3n) is 5.93. The Balaban J connectivity index is 1.33. The SMILES string of the molecule is CN1CCN(Cc2ccc(CNC(=O)c3ccccc3NC(=O)c3ccccc3)cc2)CC1. The Labute approximate surface area is 195 Å². The van der Waals surface area contributed by atoms with Crippen molar-refractivity contribution in [3.05, 3.63) is 101 Å². The summed E-state index contributed by atoms with van der Waals surface area (Å²) in [7, 11) is 2.16. The molecular weight excluding hydrogens is 412 g/mol. The minimum Gasteiger partial charge on any atom is -0.348 e. The molecule has 1 fully saturated rings. The maximum atomic E-state index is 12.8. The first-order valence-corrected chi connectivity index (χ1v) is 11.3. The van der Waals surface area contributed by atoms with Crippen LogP contribution in [0.5, 0.6) is 0 Å². The van der Waals surface area contributed by atoms with Crippen molar-refractivity contribution in [2.45, 2.75) is 13.1 Å². The molecule has 6 heteroatoms. The Morgan fingerprint density at radius 2 is 1.39 bits per heavy atom. The first-order valence-electron chi connectivity index (χ1n) is 11.3. The second kappa shape index (κ2) is 10.9. The van der Waals surface area contributed by atoms with Crippen LogP contribution in [-0.2, 0) is 13.1 Å². The molecule has 2 amide bonds. The first kappa shape index (κ1) is 22.7. The highest BCUT2D eigenvalue weighted by molar-refractivity contribution is 6.08. The molecule has 1 aliphatic heterocycles. The quantitative estimate of drug-likeness (QED) is 0.587. The monoisotopic (exact) mass is 442 g/mol. The van der Waals surface area contributed by atoms with Crippen molar-refractivity contribution in [3.8, 4) is 0 Å². The Kier molecular flexibility index (Phi) is 7.50. The topological polar surface area (TPSA) is 64.7 Å². The maximum absolute atomic E-state index is 12.8. The van der Waals surface area contributed by atoms with Gasteiger partial charge in [-0.1, -0.05) is 54.6 Å². The molecule has 1 heterocycles. The van der Waals surface area contributed by atoms with Gasteiger partial charge in [0, 0.05) is 44.8 Å². The fraction of sp³-hybridized carbons (Fsp3) is 0.259. The average molecular weight is 443 g/mol. The molecule has 3 aromatic carbocycles. The lowest BCUT2D eigenvalue weighted by Gasteiger charge is -2.32. The Bertz CT molecular complexity index is 1070. The Morgan fingerprint density at radius 3 is 2.12 bits per heavy atom. The lowest BCUT2D eigenvalue weighted by atomic mass is 10.1. The van der Waals surface area contributed by atoms with E-state index in [0.29, 0.717) is 23.4 Å².